The van der Waals surface area contributed by atoms with Crippen molar-refractivity contribution in [1.82, 2.24) is 0 Å². The summed E-state index contributed by atoms with van der Waals surface area (Å²) in [5, 5.41) is 19.6. The first-order chi connectivity index (χ1) is 12.8. The van der Waals surface area contributed by atoms with Crippen LogP contribution in [0, 0.1) is 5.41 Å². The van der Waals surface area contributed by atoms with Gasteiger partial charge in [-0.3, -0.25) is 14.5 Å². The molecule has 0 bridgehead atoms. The summed E-state index contributed by atoms with van der Waals surface area (Å²) in [6, 6.07) is 2.85. The van der Waals surface area contributed by atoms with Gasteiger partial charge in [-0.05, 0) is 18.2 Å². The zero-order chi connectivity index (χ0) is 21.3. The third kappa shape index (κ3) is 5.41. The number of nitrogens with zero attached hydrogens (tertiary/aromatic N) is 1. The van der Waals surface area contributed by atoms with Crippen molar-refractivity contribution in [1.29, 1.82) is 0 Å². The summed E-state index contributed by atoms with van der Waals surface area (Å²) in [6.45, 7) is 4.20. The van der Waals surface area contributed by atoms with Gasteiger partial charge in [-0.1, -0.05) is 20.8 Å². The van der Waals surface area contributed by atoms with E-state index in [1.165, 1.54) is 0 Å². The Labute approximate surface area is 158 Å². The van der Waals surface area contributed by atoms with Crippen LogP contribution in [0.3, 0.4) is 0 Å². The molecule has 2 rings (SSSR count). The Hall–Kier alpha value is -2.21. The average molecular weight is 407 g/mol. The van der Waals surface area contributed by atoms with Crippen molar-refractivity contribution in [3.63, 3.8) is 0 Å². The number of amides is 1. The number of alkyl halides is 3. The van der Waals surface area contributed by atoms with Gasteiger partial charge < -0.3 is 24.4 Å². The summed E-state index contributed by atoms with van der Waals surface area (Å²) >= 11 is 0. The maximum atomic E-state index is 12.3. The Morgan fingerprint density at radius 1 is 1.11 bits per heavy atom. The number of halogens is 3. The number of ketones is 1. The normalized spacial score (nSPS) is 16.9. The Bertz CT molecular complexity index is 745. The standard InChI is InChI=1S/C17H20F3NO7/c1-16(2,3)15(25)27-8-26-12(22)7-21-11-5-4-9(28-17(18,19)20)6-10(11)13(23)14(21)24/h4-6,12,15,22,25H,7-8H2,1-3H3. The third-order valence-electron chi connectivity index (χ3n) is 3.74. The second kappa shape index (κ2) is 8.03. The van der Waals surface area contributed by atoms with E-state index in [9.17, 15) is 33.0 Å². The minimum atomic E-state index is -4.94. The largest absolute Gasteiger partial charge is 0.573 e. The van der Waals surface area contributed by atoms with E-state index in [1.807, 2.05) is 0 Å². The van der Waals surface area contributed by atoms with Crippen LogP contribution in [0.25, 0.3) is 0 Å². The second-order valence-electron chi connectivity index (χ2n) is 7.10. The molecule has 0 aromatic heterocycles. The average Bonchev–Trinajstić information content (AvgIpc) is 2.77. The molecule has 2 atom stereocenters. The molecular weight excluding hydrogens is 387 g/mol. The van der Waals surface area contributed by atoms with Gasteiger partial charge in [0.2, 0.25) is 0 Å². The molecule has 1 aliphatic rings. The molecule has 0 saturated carbocycles. The maximum Gasteiger partial charge on any atom is 0.573 e. The van der Waals surface area contributed by atoms with Crippen LogP contribution in [0.1, 0.15) is 31.1 Å². The Kier molecular flexibility index (Phi) is 6.34. The van der Waals surface area contributed by atoms with Crippen LogP contribution >= 0.6 is 0 Å². The van der Waals surface area contributed by atoms with E-state index in [-0.39, 0.29) is 11.3 Å². The second-order valence-corrected chi connectivity index (χ2v) is 7.10. The molecule has 0 saturated heterocycles. The topological polar surface area (TPSA) is 106 Å². The van der Waals surface area contributed by atoms with Crippen LogP contribution < -0.4 is 9.64 Å². The number of carbonyl (C=O) groups is 2. The zero-order valence-corrected chi connectivity index (χ0v) is 15.3. The summed E-state index contributed by atoms with van der Waals surface area (Å²) < 4.78 is 50.6. The Morgan fingerprint density at radius 3 is 2.32 bits per heavy atom. The zero-order valence-electron chi connectivity index (χ0n) is 15.3. The van der Waals surface area contributed by atoms with Gasteiger partial charge in [-0.15, -0.1) is 13.2 Å². The maximum absolute atomic E-state index is 12.3. The monoisotopic (exact) mass is 407 g/mol. The number of β-amino-alcohol motifs (C(OH)–C–C–N with tert-alkyl or cyclic N) is 1. The number of hydrogen-bond donors (Lipinski definition) is 2. The van der Waals surface area contributed by atoms with Gasteiger partial charge in [-0.2, -0.15) is 0 Å². The molecule has 1 amide bonds. The Morgan fingerprint density at radius 2 is 1.75 bits per heavy atom. The predicted molar refractivity (Wildman–Crippen MR) is 88.3 cm³/mol. The first-order valence-electron chi connectivity index (χ1n) is 8.15. The molecule has 1 aromatic rings. The van der Waals surface area contributed by atoms with Crippen LogP contribution in [-0.2, 0) is 14.3 Å². The number of carbonyl (C=O) groups excluding carboxylic acids is 2. The molecule has 28 heavy (non-hydrogen) atoms. The molecule has 8 nitrogen and oxygen atoms in total. The van der Waals surface area contributed by atoms with Crippen molar-refractivity contribution in [2.75, 3.05) is 18.2 Å². The number of aliphatic hydroxyl groups excluding tert-OH is 2. The van der Waals surface area contributed by atoms with Gasteiger partial charge in [-0.25, -0.2) is 0 Å². The van der Waals surface area contributed by atoms with E-state index in [2.05, 4.69) is 4.74 Å². The molecule has 1 heterocycles. The van der Waals surface area contributed by atoms with E-state index in [0.29, 0.717) is 0 Å². The molecule has 11 heteroatoms. The van der Waals surface area contributed by atoms with Crippen molar-refractivity contribution in [2.24, 2.45) is 5.41 Å². The number of ether oxygens (including phenoxy) is 3. The minimum absolute atomic E-state index is 0.0165. The lowest BCUT2D eigenvalue weighted by molar-refractivity contribution is -0.274. The molecule has 0 fully saturated rings. The molecule has 1 aliphatic heterocycles. The van der Waals surface area contributed by atoms with E-state index in [4.69, 9.17) is 9.47 Å². The van der Waals surface area contributed by atoms with Gasteiger partial charge in [0.15, 0.2) is 19.4 Å². The Balaban J connectivity index is 2.02. The van der Waals surface area contributed by atoms with E-state index in [0.717, 1.165) is 23.1 Å². The fourth-order valence-corrected chi connectivity index (χ4v) is 2.30. The highest BCUT2D eigenvalue weighted by atomic mass is 19.4. The van der Waals surface area contributed by atoms with Crippen molar-refractivity contribution in [3.05, 3.63) is 23.8 Å². The highest BCUT2D eigenvalue weighted by Crippen LogP contribution is 2.34. The third-order valence-corrected chi connectivity index (χ3v) is 3.74. The summed E-state index contributed by atoms with van der Waals surface area (Å²) in [5.74, 6) is -2.71. The van der Waals surface area contributed by atoms with Gasteiger partial charge in [0.1, 0.15) is 5.75 Å². The summed E-state index contributed by atoms with van der Waals surface area (Å²) in [7, 11) is 0. The highest BCUT2D eigenvalue weighted by molar-refractivity contribution is 6.52. The highest BCUT2D eigenvalue weighted by Gasteiger charge is 2.38. The SMILES string of the molecule is CC(C)(C)C(O)OCOC(O)CN1C(=O)C(=O)c2cc(OC(F)(F)F)ccc21. The summed E-state index contributed by atoms with van der Waals surface area (Å²) in [5.41, 5.74) is -0.845. The number of benzene rings is 1. The quantitative estimate of drug-likeness (QED) is 0.524. The number of fused-ring (bicyclic) bond motifs is 1. The van der Waals surface area contributed by atoms with Crippen molar-refractivity contribution in [2.45, 2.75) is 39.7 Å². The molecule has 0 spiro atoms. The first-order valence-corrected chi connectivity index (χ1v) is 8.15. The summed E-state index contributed by atoms with van der Waals surface area (Å²) in [4.78, 5) is 25.0. The molecule has 2 unspecified atom stereocenters. The summed E-state index contributed by atoms with van der Waals surface area (Å²) in [6.07, 6.45) is -7.68. The fourth-order valence-electron chi connectivity index (χ4n) is 2.30. The van der Waals surface area contributed by atoms with Crippen LogP contribution in [0.5, 0.6) is 5.75 Å². The minimum Gasteiger partial charge on any atom is -0.406 e. The van der Waals surface area contributed by atoms with Crippen LogP contribution in [0.2, 0.25) is 0 Å². The smallest absolute Gasteiger partial charge is 0.406 e. The number of hydrogen-bond acceptors (Lipinski definition) is 7. The lowest BCUT2D eigenvalue weighted by Gasteiger charge is -2.26. The number of rotatable bonds is 7. The number of Topliss-reactive ketones (excluding diaryl/α,β-unsaturated/α-hetero) is 1. The van der Waals surface area contributed by atoms with Crippen LogP contribution in [-0.4, -0.2) is 54.2 Å². The van der Waals surface area contributed by atoms with E-state index >= 15 is 0 Å². The van der Waals surface area contributed by atoms with Crippen molar-refractivity contribution < 1.29 is 47.2 Å². The van der Waals surface area contributed by atoms with Gasteiger partial charge in [0, 0.05) is 5.41 Å². The fraction of sp³-hybridized carbons (Fsp3) is 0.529. The van der Waals surface area contributed by atoms with E-state index in [1.54, 1.807) is 20.8 Å². The predicted octanol–water partition coefficient (Wildman–Crippen LogP) is 1.79. The van der Waals surface area contributed by atoms with Crippen molar-refractivity contribution in [3.8, 4) is 5.75 Å². The van der Waals surface area contributed by atoms with Gasteiger partial charge in [0.05, 0.1) is 17.8 Å². The first kappa shape index (κ1) is 22.1. The lowest BCUT2D eigenvalue weighted by atomic mass is 9.96. The lowest BCUT2D eigenvalue weighted by Crippen LogP contribution is -2.38. The van der Waals surface area contributed by atoms with Crippen LogP contribution in [0.4, 0.5) is 18.9 Å². The molecule has 1 aromatic carbocycles. The van der Waals surface area contributed by atoms with Gasteiger partial charge in [0.25, 0.3) is 11.7 Å². The molecule has 0 radical (unpaired) electrons. The molecular formula is C17H20F3NO7. The number of aliphatic hydroxyl groups is 2. The molecule has 156 valence electrons. The van der Waals surface area contributed by atoms with Crippen molar-refractivity contribution >= 4 is 17.4 Å². The van der Waals surface area contributed by atoms with E-state index < -0.39 is 55.1 Å². The number of anilines is 1. The van der Waals surface area contributed by atoms with Crippen LogP contribution in [0.15, 0.2) is 18.2 Å². The molecule has 2 N–H and O–H groups in total. The molecule has 0 aliphatic carbocycles. The van der Waals surface area contributed by atoms with Gasteiger partial charge >= 0.3 is 6.36 Å².